The van der Waals surface area contributed by atoms with E-state index in [4.69, 9.17) is 9.26 Å². The fourth-order valence-electron chi connectivity index (χ4n) is 3.66. The second-order valence-electron chi connectivity index (χ2n) is 7.59. The molecule has 1 aliphatic heterocycles. The number of nitrogens with zero attached hydrogens (tertiary/aromatic N) is 3. The molecule has 9 nitrogen and oxygen atoms in total. The van der Waals surface area contributed by atoms with Gasteiger partial charge in [-0.15, -0.1) is 11.3 Å². The van der Waals surface area contributed by atoms with Crippen molar-refractivity contribution >= 4 is 33.0 Å². The number of methoxy groups -OCH3 is 1. The molecule has 1 amide bonds. The highest BCUT2D eigenvalue weighted by molar-refractivity contribution is 7.89. The van der Waals surface area contributed by atoms with E-state index < -0.39 is 15.9 Å². The molecule has 3 heterocycles. The average Bonchev–Trinajstić information content (AvgIpc) is 3.40. The highest BCUT2D eigenvalue weighted by Crippen LogP contribution is 2.35. The van der Waals surface area contributed by atoms with Gasteiger partial charge in [-0.2, -0.15) is 9.29 Å². The van der Waals surface area contributed by atoms with E-state index in [-0.39, 0.29) is 17.3 Å². The Morgan fingerprint density at radius 3 is 2.69 bits per heavy atom. The van der Waals surface area contributed by atoms with Crippen molar-refractivity contribution < 1.29 is 22.5 Å². The molecule has 170 valence electrons. The van der Waals surface area contributed by atoms with Gasteiger partial charge >= 0.3 is 0 Å². The molecule has 1 aromatic carbocycles. The van der Waals surface area contributed by atoms with Gasteiger partial charge in [0.15, 0.2) is 0 Å². The van der Waals surface area contributed by atoms with E-state index in [9.17, 15) is 13.2 Å². The zero-order valence-corrected chi connectivity index (χ0v) is 19.6. The Hall–Kier alpha value is -2.76. The lowest BCUT2D eigenvalue weighted by atomic mass is 9.99. The number of hydrogen-bond donors (Lipinski definition) is 1. The van der Waals surface area contributed by atoms with E-state index in [0.717, 1.165) is 0 Å². The first-order valence-electron chi connectivity index (χ1n) is 10.1. The van der Waals surface area contributed by atoms with E-state index in [1.165, 1.54) is 15.6 Å². The van der Waals surface area contributed by atoms with Crippen LogP contribution in [0.2, 0.25) is 0 Å². The summed E-state index contributed by atoms with van der Waals surface area (Å²) in [5.41, 5.74) is 0.643. The molecule has 11 heteroatoms. The first-order chi connectivity index (χ1) is 15.3. The molecule has 1 aliphatic rings. The van der Waals surface area contributed by atoms with Crippen LogP contribution >= 0.6 is 11.3 Å². The fraction of sp³-hybridized carbons (Fsp3) is 0.381. The van der Waals surface area contributed by atoms with Crippen molar-refractivity contribution in [3.05, 3.63) is 41.1 Å². The number of ether oxygens (including phenoxy) is 1. The summed E-state index contributed by atoms with van der Waals surface area (Å²) in [7, 11) is -2.18. The van der Waals surface area contributed by atoms with Gasteiger partial charge in [0.2, 0.25) is 27.6 Å². The van der Waals surface area contributed by atoms with E-state index in [1.54, 1.807) is 51.3 Å². The van der Waals surface area contributed by atoms with Crippen molar-refractivity contribution in [2.75, 3.05) is 25.5 Å². The predicted octanol–water partition coefficient (Wildman–Crippen LogP) is 3.46. The molecule has 2 aromatic heterocycles. The van der Waals surface area contributed by atoms with Crippen LogP contribution in [-0.4, -0.2) is 49.0 Å². The van der Waals surface area contributed by atoms with Gasteiger partial charge in [0.25, 0.3) is 0 Å². The van der Waals surface area contributed by atoms with Crippen LogP contribution in [0.25, 0.3) is 10.7 Å². The van der Waals surface area contributed by atoms with Crippen LogP contribution in [0.3, 0.4) is 0 Å². The summed E-state index contributed by atoms with van der Waals surface area (Å²) in [6, 6.07) is 8.61. The molecule has 0 aliphatic carbocycles. The van der Waals surface area contributed by atoms with Crippen molar-refractivity contribution in [3.63, 3.8) is 0 Å². The standard InChI is InChI=1S/C21H24N4O5S2/c1-13-19(11-18(31-13)20-22-14(2)30-24-20)32(27,28)25-10-4-5-15(12-25)21(26)23-16-6-8-17(29-3)9-7-16/h6-9,11,15H,4-5,10,12H2,1-3H3,(H,23,26)/t15-/m1/s1. The zero-order chi connectivity index (χ0) is 22.9. The van der Waals surface area contributed by atoms with Gasteiger partial charge in [-0.05, 0) is 50.1 Å². The smallest absolute Gasteiger partial charge is 0.244 e. The second kappa shape index (κ2) is 9.00. The third-order valence-corrected chi connectivity index (χ3v) is 8.52. The number of aromatic nitrogens is 2. The van der Waals surface area contributed by atoms with Crippen molar-refractivity contribution in [1.82, 2.24) is 14.4 Å². The summed E-state index contributed by atoms with van der Waals surface area (Å²) >= 11 is 1.30. The minimum Gasteiger partial charge on any atom is -0.497 e. The van der Waals surface area contributed by atoms with E-state index >= 15 is 0 Å². The zero-order valence-electron chi connectivity index (χ0n) is 18.0. The molecule has 1 atom stereocenters. The Kier molecular flexibility index (Phi) is 6.31. The number of rotatable bonds is 6. The lowest BCUT2D eigenvalue weighted by Crippen LogP contribution is -2.43. The van der Waals surface area contributed by atoms with E-state index in [0.29, 0.717) is 52.3 Å². The summed E-state index contributed by atoms with van der Waals surface area (Å²) < 4.78 is 38.3. The Morgan fingerprint density at radius 1 is 1.28 bits per heavy atom. The summed E-state index contributed by atoms with van der Waals surface area (Å²) in [5, 5.41) is 6.75. The number of carbonyl (C=O) groups excluding carboxylic acids is 1. The first kappa shape index (κ1) is 22.4. The van der Waals surface area contributed by atoms with Gasteiger partial charge < -0.3 is 14.6 Å². The average molecular weight is 477 g/mol. The number of aryl methyl sites for hydroxylation is 2. The number of carbonyl (C=O) groups is 1. The van der Waals surface area contributed by atoms with Crippen molar-refractivity contribution in [1.29, 1.82) is 0 Å². The Balaban J connectivity index is 1.49. The maximum absolute atomic E-state index is 13.4. The topological polar surface area (TPSA) is 115 Å². The normalized spacial score (nSPS) is 17.3. The fourth-order valence-corrected chi connectivity index (χ4v) is 6.67. The number of benzene rings is 1. The first-order valence-corrected chi connectivity index (χ1v) is 12.4. The van der Waals surface area contributed by atoms with Crippen LogP contribution in [0.15, 0.2) is 39.8 Å². The summed E-state index contributed by atoms with van der Waals surface area (Å²) in [4.78, 5) is 18.5. The highest BCUT2D eigenvalue weighted by Gasteiger charge is 2.35. The molecular weight excluding hydrogens is 452 g/mol. The van der Waals surface area contributed by atoms with Gasteiger partial charge in [-0.3, -0.25) is 4.79 Å². The maximum atomic E-state index is 13.4. The van der Waals surface area contributed by atoms with Gasteiger partial charge in [0.1, 0.15) is 5.75 Å². The minimum absolute atomic E-state index is 0.135. The van der Waals surface area contributed by atoms with Gasteiger partial charge in [0.05, 0.1) is 22.8 Å². The molecule has 0 unspecified atom stereocenters. The van der Waals surface area contributed by atoms with Crippen LogP contribution in [0.1, 0.15) is 23.6 Å². The van der Waals surface area contributed by atoms with Crippen LogP contribution in [0, 0.1) is 19.8 Å². The Bertz CT molecular complexity index is 1220. The minimum atomic E-state index is -3.76. The van der Waals surface area contributed by atoms with Gasteiger partial charge in [-0.1, -0.05) is 5.16 Å². The third kappa shape index (κ3) is 4.54. The van der Waals surface area contributed by atoms with Gasteiger partial charge in [0, 0.05) is 30.6 Å². The summed E-state index contributed by atoms with van der Waals surface area (Å²) in [6.07, 6.45) is 1.24. The molecule has 0 bridgehead atoms. The number of amides is 1. The molecule has 3 aromatic rings. The maximum Gasteiger partial charge on any atom is 0.244 e. The number of hydrogen-bond acceptors (Lipinski definition) is 8. The molecular formula is C21H24N4O5S2. The van der Waals surface area contributed by atoms with Crippen LogP contribution < -0.4 is 10.1 Å². The quantitative estimate of drug-likeness (QED) is 0.579. The predicted molar refractivity (Wildman–Crippen MR) is 120 cm³/mol. The molecule has 0 saturated carbocycles. The van der Waals surface area contributed by atoms with Crippen LogP contribution in [-0.2, 0) is 14.8 Å². The molecule has 0 radical (unpaired) electrons. The second-order valence-corrected chi connectivity index (χ2v) is 10.8. The van der Waals surface area contributed by atoms with E-state index in [1.807, 2.05) is 0 Å². The molecule has 1 N–H and O–H groups in total. The monoisotopic (exact) mass is 476 g/mol. The third-order valence-electron chi connectivity index (χ3n) is 5.35. The summed E-state index contributed by atoms with van der Waals surface area (Å²) in [6.45, 7) is 3.95. The highest BCUT2D eigenvalue weighted by atomic mass is 32.2. The number of nitrogens with one attached hydrogen (secondary N) is 1. The molecule has 4 rings (SSSR count). The molecule has 1 saturated heterocycles. The number of thiophene rings is 1. The Labute approximate surface area is 190 Å². The number of piperidine rings is 1. The number of sulfonamides is 1. The largest absolute Gasteiger partial charge is 0.497 e. The molecule has 1 fully saturated rings. The lowest BCUT2D eigenvalue weighted by Gasteiger charge is -2.31. The van der Waals surface area contributed by atoms with Crippen molar-refractivity contribution in [2.45, 2.75) is 31.6 Å². The van der Waals surface area contributed by atoms with Crippen LogP contribution in [0.5, 0.6) is 5.75 Å². The molecule has 32 heavy (non-hydrogen) atoms. The summed E-state index contributed by atoms with van der Waals surface area (Å²) in [5.74, 6) is 0.850. The Morgan fingerprint density at radius 2 is 2.03 bits per heavy atom. The van der Waals surface area contributed by atoms with Crippen LogP contribution in [0.4, 0.5) is 5.69 Å². The lowest BCUT2D eigenvalue weighted by molar-refractivity contribution is -0.120. The van der Waals surface area contributed by atoms with Crippen molar-refractivity contribution in [2.24, 2.45) is 5.92 Å². The van der Waals surface area contributed by atoms with Gasteiger partial charge in [-0.25, -0.2) is 8.42 Å². The molecule has 0 spiro atoms. The SMILES string of the molecule is COc1ccc(NC(=O)[C@@H]2CCCN(S(=O)(=O)c3cc(-c4noc(C)n4)sc3C)C2)cc1. The number of anilines is 1. The van der Waals surface area contributed by atoms with Crippen molar-refractivity contribution in [3.8, 4) is 16.5 Å². The van der Waals surface area contributed by atoms with E-state index in [2.05, 4.69) is 15.5 Å².